The maximum atomic E-state index is 12.4. The van der Waals surface area contributed by atoms with Gasteiger partial charge in [0.25, 0.3) is 0 Å². The van der Waals surface area contributed by atoms with Gasteiger partial charge in [0, 0.05) is 37.0 Å². The molecule has 1 saturated heterocycles. The highest BCUT2D eigenvalue weighted by Gasteiger charge is 2.24. The van der Waals surface area contributed by atoms with Crippen LogP contribution in [-0.2, 0) is 0 Å². The molecule has 0 spiro atoms. The number of nitrogens with zero attached hydrogens (tertiary/aromatic N) is 1. The van der Waals surface area contributed by atoms with Gasteiger partial charge < -0.3 is 19.7 Å². The number of carbonyl (C=O) groups is 1. The van der Waals surface area contributed by atoms with Crippen molar-refractivity contribution in [2.24, 2.45) is 0 Å². The highest BCUT2D eigenvalue weighted by atomic mass is 16.5. The second kappa shape index (κ2) is 6.30. The van der Waals surface area contributed by atoms with Crippen molar-refractivity contribution in [1.82, 2.24) is 4.90 Å². The van der Waals surface area contributed by atoms with Crippen molar-refractivity contribution in [2.75, 3.05) is 32.6 Å². The van der Waals surface area contributed by atoms with Gasteiger partial charge in [0.05, 0.1) is 14.2 Å². The van der Waals surface area contributed by atoms with Crippen molar-refractivity contribution >= 4 is 11.7 Å². The Balaban J connectivity index is 1.63. The van der Waals surface area contributed by atoms with Gasteiger partial charge in [-0.05, 0) is 25.7 Å². The topological polar surface area (TPSA) is 50.8 Å². The van der Waals surface area contributed by atoms with Gasteiger partial charge in [-0.25, -0.2) is 4.79 Å². The zero-order valence-corrected chi connectivity index (χ0v) is 13.1. The molecule has 2 fully saturated rings. The van der Waals surface area contributed by atoms with E-state index in [0.717, 1.165) is 25.9 Å². The van der Waals surface area contributed by atoms with E-state index in [1.54, 1.807) is 43.6 Å². The summed E-state index contributed by atoms with van der Waals surface area (Å²) in [4.78, 5) is 14.2. The van der Waals surface area contributed by atoms with Gasteiger partial charge in [0.15, 0.2) is 0 Å². The van der Waals surface area contributed by atoms with Crippen LogP contribution in [0.25, 0.3) is 0 Å². The maximum absolute atomic E-state index is 12.4. The van der Waals surface area contributed by atoms with E-state index < -0.39 is 0 Å². The number of anilines is 1. The Labute approximate surface area is 130 Å². The normalized spacial score (nSPS) is 17.3. The number of hydrogen-bond acceptors (Lipinski definition) is 3. The maximum Gasteiger partial charge on any atom is 0.321 e. The lowest BCUT2D eigenvalue weighted by Gasteiger charge is -2.28. The van der Waals surface area contributed by atoms with E-state index in [9.17, 15) is 4.79 Å². The van der Waals surface area contributed by atoms with Gasteiger partial charge >= 0.3 is 6.03 Å². The van der Waals surface area contributed by atoms with Crippen molar-refractivity contribution in [3.8, 4) is 11.5 Å². The summed E-state index contributed by atoms with van der Waals surface area (Å²) in [5.74, 6) is 1.32. The molecule has 0 unspecified atom stereocenters. The number of benzene rings is 1. The first-order valence-corrected chi connectivity index (χ1v) is 7.68. The standard InChI is InChI=1S/C17H22N2O3/c1-21-15-9-14(10-16(11-15)22-2)18-17(20)19-7-5-13(6-8-19)12-3-4-12/h9-11H,3-8H2,1-2H3,(H,18,20). The number of rotatable bonds is 3. The molecule has 5 heteroatoms. The van der Waals surface area contributed by atoms with Crippen molar-refractivity contribution in [3.63, 3.8) is 0 Å². The molecule has 1 saturated carbocycles. The molecule has 1 heterocycles. The fourth-order valence-corrected chi connectivity index (χ4v) is 2.83. The van der Waals surface area contributed by atoms with Gasteiger partial charge in [-0.1, -0.05) is 11.1 Å². The van der Waals surface area contributed by atoms with Crippen molar-refractivity contribution in [3.05, 3.63) is 29.3 Å². The van der Waals surface area contributed by atoms with Crippen LogP contribution < -0.4 is 14.8 Å². The predicted molar refractivity (Wildman–Crippen MR) is 85.6 cm³/mol. The van der Waals surface area contributed by atoms with Crippen LogP contribution in [0.15, 0.2) is 29.3 Å². The molecule has 0 atom stereocenters. The summed E-state index contributed by atoms with van der Waals surface area (Å²) >= 11 is 0. The minimum Gasteiger partial charge on any atom is -0.497 e. The summed E-state index contributed by atoms with van der Waals surface area (Å²) in [5, 5.41) is 2.93. The lowest BCUT2D eigenvalue weighted by molar-refractivity contribution is 0.207. The van der Waals surface area contributed by atoms with Gasteiger partial charge in [-0.15, -0.1) is 0 Å². The molecule has 22 heavy (non-hydrogen) atoms. The zero-order chi connectivity index (χ0) is 15.5. The van der Waals surface area contributed by atoms with Crippen LogP contribution >= 0.6 is 0 Å². The number of nitrogens with one attached hydrogen (secondary N) is 1. The Morgan fingerprint density at radius 1 is 0.955 bits per heavy atom. The zero-order valence-electron chi connectivity index (χ0n) is 13.1. The molecule has 1 aliphatic carbocycles. The highest BCUT2D eigenvalue weighted by molar-refractivity contribution is 5.90. The molecule has 2 amide bonds. The van der Waals surface area contributed by atoms with E-state index in [1.807, 2.05) is 4.90 Å². The molecule has 0 radical (unpaired) electrons. The Bertz CT molecular complexity index is 572. The van der Waals surface area contributed by atoms with Crippen LogP contribution in [0.4, 0.5) is 10.5 Å². The molecular formula is C17H22N2O3. The van der Waals surface area contributed by atoms with Crippen LogP contribution in [0.1, 0.15) is 25.7 Å². The molecule has 1 N–H and O–H groups in total. The molecule has 0 aromatic heterocycles. The summed E-state index contributed by atoms with van der Waals surface area (Å²) in [7, 11) is 3.19. The molecule has 1 aliphatic heterocycles. The molecule has 118 valence electrons. The summed E-state index contributed by atoms with van der Waals surface area (Å²) < 4.78 is 10.4. The lowest BCUT2D eigenvalue weighted by Crippen LogP contribution is -2.39. The number of carbonyl (C=O) groups excluding carboxylic acids is 1. The largest absolute Gasteiger partial charge is 0.497 e. The van der Waals surface area contributed by atoms with E-state index in [4.69, 9.17) is 9.47 Å². The lowest BCUT2D eigenvalue weighted by atomic mass is 10.0. The third-order valence-corrected chi connectivity index (χ3v) is 4.26. The number of amides is 2. The Morgan fingerprint density at radius 2 is 1.50 bits per heavy atom. The monoisotopic (exact) mass is 302 g/mol. The molecule has 0 bridgehead atoms. The summed E-state index contributed by atoms with van der Waals surface area (Å²) in [6, 6.07) is 5.31. The molecular weight excluding hydrogens is 280 g/mol. The third-order valence-electron chi connectivity index (χ3n) is 4.26. The third kappa shape index (κ3) is 3.35. The molecule has 1 aromatic rings. The number of allylic oxidation sites excluding steroid dienone is 1. The summed E-state index contributed by atoms with van der Waals surface area (Å²) in [6.45, 7) is 1.59. The molecule has 2 aliphatic rings. The fraction of sp³-hybridized carbons (Fsp3) is 0.471. The van der Waals surface area contributed by atoms with Crippen LogP contribution in [0.5, 0.6) is 11.5 Å². The van der Waals surface area contributed by atoms with E-state index in [0.29, 0.717) is 17.2 Å². The Hall–Kier alpha value is -2.17. The van der Waals surface area contributed by atoms with Crippen LogP contribution in [-0.4, -0.2) is 38.2 Å². The van der Waals surface area contributed by atoms with Crippen molar-refractivity contribution in [1.29, 1.82) is 0 Å². The van der Waals surface area contributed by atoms with Crippen LogP contribution in [0.3, 0.4) is 0 Å². The first kappa shape index (κ1) is 14.8. The smallest absolute Gasteiger partial charge is 0.321 e. The number of urea groups is 1. The minimum absolute atomic E-state index is 0.0600. The van der Waals surface area contributed by atoms with E-state index >= 15 is 0 Å². The predicted octanol–water partition coefficient (Wildman–Crippen LogP) is 3.42. The first-order chi connectivity index (χ1) is 10.7. The van der Waals surface area contributed by atoms with E-state index in [1.165, 1.54) is 12.8 Å². The first-order valence-electron chi connectivity index (χ1n) is 7.68. The molecule has 3 rings (SSSR count). The second-order valence-corrected chi connectivity index (χ2v) is 5.73. The Kier molecular flexibility index (Phi) is 4.22. The number of hydrogen-bond donors (Lipinski definition) is 1. The number of piperidine rings is 1. The van der Waals surface area contributed by atoms with Gasteiger partial charge in [-0.2, -0.15) is 0 Å². The second-order valence-electron chi connectivity index (χ2n) is 5.73. The summed E-state index contributed by atoms with van der Waals surface area (Å²) in [5.41, 5.74) is 3.89. The number of likely N-dealkylation sites (tertiary alicyclic amines) is 1. The van der Waals surface area contributed by atoms with Crippen LogP contribution in [0, 0.1) is 0 Å². The SMILES string of the molecule is COc1cc(NC(=O)N2CCC(=C3CC3)CC2)cc(OC)c1. The molecule has 5 nitrogen and oxygen atoms in total. The van der Waals surface area contributed by atoms with Gasteiger partial charge in [-0.3, -0.25) is 0 Å². The average Bonchev–Trinajstić information content (AvgIpc) is 3.39. The number of ether oxygens (including phenoxy) is 2. The van der Waals surface area contributed by atoms with Gasteiger partial charge in [0.2, 0.25) is 0 Å². The summed E-state index contributed by atoms with van der Waals surface area (Å²) in [6.07, 6.45) is 4.57. The molecule has 1 aromatic carbocycles. The van der Waals surface area contributed by atoms with Crippen molar-refractivity contribution in [2.45, 2.75) is 25.7 Å². The number of methoxy groups -OCH3 is 2. The minimum atomic E-state index is -0.0600. The fourth-order valence-electron chi connectivity index (χ4n) is 2.83. The van der Waals surface area contributed by atoms with E-state index in [-0.39, 0.29) is 6.03 Å². The quantitative estimate of drug-likeness (QED) is 0.870. The van der Waals surface area contributed by atoms with Crippen molar-refractivity contribution < 1.29 is 14.3 Å². The highest BCUT2D eigenvalue weighted by Crippen LogP contribution is 2.36. The van der Waals surface area contributed by atoms with Crippen LogP contribution in [0.2, 0.25) is 0 Å². The van der Waals surface area contributed by atoms with Gasteiger partial charge in [0.1, 0.15) is 11.5 Å². The average molecular weight is 302 g/mol. The Morgan fingerprint density at radius 3 is 2.00 bits per heavy atom. The van der Waals surface area contributed by atoms with E-state index in [2.05, 4.69) is 5.32 Å².